The molecule has 2 aromatic heterocycles. The van der Waals surface area contributed by atoms with E-state index < -0.39 is 0 Å². The van der Waals surface area contributed by atoms with Crippen molar-refractivity contribution in [1.29, 1.82) is 0 Å². The first-order valence-electron chi connectivity index (χ1n) is 5.46. The molecule has 0 aliphatic carbocycles. The summed E-state index contributed by atoms with van der Waals surface area (Å²) in [5.41, 5.74) is 1.90. The number of nitrogens with zero attached hydrogens (tertiary/aromatic N) is 4. The summed E-state index contributed by atoms with van der Waals surface area (Å²) in [6.45, 7) is 0.272. The molecule has 0 bridgehead atoms. The second kappa shape index (κ2) is 3.43. The van der Waals surface area contributed by atoms with Gasteiger partial charge in [0.05, 0.1) is 5.69 Å². The molecule has 0 unspecified atom stereocenters. The number of rotatable bonds is 1. The zero-order valence-corrected chi connectivity index (χ0v) is 9.28. The highest BCUT2D eigenvalue weighted by Crippen LogP contribution is 2.35. The van der Waals surface area contributed by atoms with E-state index in [0.29, 0.717) is 5.78 Å². The van der Waals surface area contributed by atoms with Crippen molar-refractivity contribution >= 4 is 5.78 Å². The molecule has 0 amide bonds. The third-order valence-electron chi connectivity index (χ3n) is 2.85. The van der Waals surface area contributed by atoms with E-state index in [1.807, 2.05) is 24.3 Å². The van der Waals surface area contributed by atoms with Gasteiger partial charge in [-0.3, -0.25) is 0 Å². The molecule has 18 heavy (non-hydrogen) atoms. The third-order valence-corrected chi connectivity index (χ3v) is 2.85. The predicted octanol–water partition coefficient (Wildman–Crippen LogP) is 1.52. The summed E-state index contributed by atoms with van der Waals surface area (Å²) in [5, 5.41) is 4.16. The van der Waals surface area contributed by atoms with Crippen LogP contribution in [0.3, 0.4) is 0 Å². The fourth-order valence-corrected chi connectivity index (χ4v) is 2.01. The first kappa shape index (κ1) is 9.41. The molecule has 3 aromatic rings. The normalized spacial score (nSPS) is 13.1. The number of benzene rings is 1. The summed E-state index contributed by atoms with van der Waals surface area (Å²) in [7, 11) is 0. The topological polar surface area (TPSA) is 61.5 Å². The van der Waals surface area contributed by atoms with Crippen LogP contribution in [0.5, 0.6) is 11.5 Å². The Morgan fingerprint density at radius 1 is 1.06 bits per heavy atom. The summed E-state index contributed by atoms with van der Waals surface area (Å²) in [6, 6.07) is 7.67. The van der Waals surface area contributed by atoms with Gasteiger partial charge >= 0.3 is 0 Å². The van der Waals surface area contributed by atoms with Crippen LogP contribution in [0.2, 0.25) is 0 Å². The lowest BCUT2D eigenvalue weighted by atomic mass is 10.1. The van der Waals surface area contributed by atoms with E-state index >= 15 is 0 Å². The molecule has 0 radical (unpaired) electrons. The zero-order chi connectivity index (χ0) is 11.9. The maximum atomic E-state index is 5.37. The Kier molecular flexibility index (Phi) is 1.79. The van der Waals surface area contributed by atoms with Crippen molar-refractivity contribution in [3.63, 3.8) is 0 Å². The van der Waals surface area contributed by atoms with Crippen molar-refractivity contribution < 1.29 is 9.47 Å². The second-order valence-electron chi connectivity index (χ2n) is 3.87. The molecule has 1 aromatic carbocycles. The summed E-state index contributed by atoms with van der Waals surface area (Å²) in [5.74, 6) is 2.09. The van der Waals surface area contributed by atoms with Gasteiger partial charge in [0.15, 0.2) is 11.5 Å². The molecule has 1 aliphatic heterocycles. The van der Waals surface area contributed by atoms with Gasteiger partial charge in [0.1, 0.15) is 6.33 Å². The summed E-state index contributed by atoms with van der Waals surface area (Å²) < 4.78 is 12.4. The molecule has 0 saturated heterocycles. The van der Waals surface area contributed by atoms with Crippen molar-refractivity contribution in [2.45, 2.75) is 0 Å². The molecule has 6 heteroatoms. The van der Waals surface area contributed by atoms with Crippen LogP contribution in [0.15, 0.2) is 36.8 Å². The summed E-state index contributed by atoms with van der Waals surface area (Å²) >= 11 is 0. The van der Waals surface area contributed by atoms with Gasteiger partial charge in [0.2, 0.25) is 6.79 Å². The molecule has 4 rings (SSSR count). The molecular weight excluding hydrogens is 232 g/mol. The molecule has 88 valence electrons. The van der Waals surface area contributed by atoms with Gasteiger partial charge in [-0.1, -0.05) is 0 Å². The van der Waals surface area contributed by atoms with Crippen LogP contribution in [0.4, 0.5) is 0 Å². The zero-order valence-electron chi connectivity index (χ0n) is 9.28. The summed E-state index contributed by atoms with van der Waals surface area (Å²) in [6.07, 6.45) is 3.20. The van der Waals surface area contributed by atoms with Gasteiger partial charge in [-0.15, -0.1) is 0 Å². The number of aromatic nitrogens is 4. The molecule has 0 atom stereocenters. The Morgan fingerprint density at radius 3 is 3.00 bits per heavy atom. The molecule has 0 spiro atoms. The quantitative estimate of drug-likeness (QED) is 0.645. The van der Waals surface area contributed by atoms with Gasteiger partial charge in [-0.25, -0.2) is 4.98 Å². The highest BCUT2D eigenvalue weighted by atomic mass is 16.7. The Hall–Kier alpha value is -2.63. The van der Waals surface area contributed by atoms with E-state index in [-0.39, 0.29) is 6.79 Å². The first-order valence-corrected chi connectivity index (χ1v) is 5.46. The van der Waals surface area contributed by atoms with E-state index in [9.17, 15) is 0 Å². The minimum atomic E-state index is 0.272. The minimum Gasteiger partial charge on any atom is -0.454 e. The Balaban J connectivity index is 1.94. The van der Waals surface area contributed by atoms with Crippen LogP contribution in [-0.2, 0) is 0 Å². The van der Waals surface area contributed by atoms with E-state index in [2.05, 4.69) is 15.1 Å². The highest BCUT2D eigenvalue weighted by Gasteiger charge is 2.15. The Bertz CT molecular complexity index is 738. The molecule has 6 nitrogen and oxygen atoms in total. The maximum Gasteiger partial charge on any atom is 0.252 e. The van der Waals surface area contributed by atoms with Crippen molar-refractivity contribution in [3.8, 4) is 22.8 Å². The van der Waals surface area contributed by atoms with Crippen LogP contribution < -0.4 is 9.47 Å². The molecule has 3 heterocycles. The van der Waals surface area contributed by atoms with Crippen LogP contribution in [0, 0.1) is 0 Å². The van der Waals surface area contributed by atoms with Gasteiger partial charge < -0.3 is 9.47 Å². The van der Waals surface area contributed by atoms with Crippen molar-refractivity contribution in [2.75, 3.05) is 6.79 Å². The van der Waals surface area contributed by atoms with E-state index in [1.165, 1.54) is 6.33 Å². The lowest BCUT2D eigenvalue weighted by Crippen LogP contribution is -1.95. The number of hydrogen-bond donors (Lipinski definition) is 0. The standard InChI is InChI=1S/C12H8N4O2/c1-2-10-11(18-7-17-10)5-8(1)9-3-4-13-12-14-6-15-16(9)12/h1-6H,7H2. The molecule has 0 saturated carbocycles. The predicted molar refractivity (Wildman–Crippen MR) is 62.3 cm³/mol. The third kappa shape index (κ3) is 1.26. The number of ether oxygens (including phenoxy) is 2. The van der Waals surface area contributed by atoms with E-state index in [0.717, 1.165) is 22.8 Å². The Labute approximate surface area is 102 Å². The van der Waals surface area contributed by atoms with Gasteiger partial charge in [-0.05, 0) is 24.3 Å². The van der Waals surface area contributed by atoms with Crippen LogP contribution >= 0.6 is 0 Å². The molecule has 1 aliphatic rings. The second-order valence-corrected chi connectivity index (χ2v) is 3.87. The Morgan fingerprint density at radius 2 is 2.00 bits per heavy atom. The molecular formula is C12H8N4O2. The minimum absolute atomic E-state index is 0.272. The highest BCUT2D eigenvalue weighted by molar-refractivity contribution is 5.65. The van der Waals surface area contributed by atoms with Crippen LogP contribution in [0.25, 0.3) is 17.0 Å². The van der Waals surface area contributed by atoms with Crippen molar-refractivity contribution in [2.24, 2.45) is 0 Å². The van der Waals surface area contributed by atoms with Crippen LogP contribution in [0.1, 0.15) is 0 Å². The lowest BCUT2D eigenvalue weighted by molar-refractivity contribution is 0.174. The monoisotopic (exact) mass is 240 g/mol. The van der Waals surface area contributed by atoms with Crippen molar-refractivity contribution in [1.82, 2.24) is 19.6 Å². The van der Waals surface area contributed by atoms with Crippen LogP contribution in [-0.4, -0.2) is 26.4 Å². The maximum absolute atomic E-state index is 5.37. The summed E-state index contributed by atoms with van der Waals surface area (Å²) in [4.78, 5) is 8.20. The fourth-order valence-electron chi connectivity index (χ4n) is 2.01. The average molecular weight is 240 g/mol. The first-order chi connectivity index (χ1) is 8.92. The number of fused-ring (bicyclic) bond motifs is 2. The average Bonchev–Trinajstić information content (AvgIpc) is 3.05. The lowest BCUT2D eigenvalue weighted by Gasteiger charge is -2.04. The molecule has 0 fully saturated rings. The molecule has 0 N–H and O–H groups in total. The van der Waals surface area contributed by atoms with Crippen molar-refractivity contribution in [3.05, 3.63) is 36.8 Å². The van der Waals surface area contributed by atoms with Gasteiger partial charge in [-0.2, -0.15) is 14.6 Å². The smallest absolute Gasteiger partial charge is 0.252 e. The van der Waals surface area contributed by atoms with Gasteiger partial charge in [0, 0.05) is 11.8 Å². The largest absolute Gasteiger partial charge is 0.454 e. The van der Waals surface area contributed by atoms with Gasteiger partial charge in [0.25, 0.3) is 5.78 Å². The SMILES string of the molecule is c1cc(-c2ccc3c(c2)OCO3)n2ncnc2n1. The fraction of sp³-hybridized carbons (Fsp3) is 0.0833. The van der Waals surface area contributed by atoms with E-state index in [1.54, 1.807) is 10.7 Å². The number of hydrogen-bond acceptors (Lipinski definition) is 5. The van der Waals surface area contributed by atoms with E-state index in [4.69, 9.17) is 9.47 Å².